The lowest BCUT2D eigenvalue weighted by molar-refractivity contribution is 0.195. The minimum atomic E-state index is 0.0273. The van der Waals surface area contributed by atoms with E-state index in [0.717, 1.165) is 0 Å². The van der Waals surface area contributed by atoms with Gasteiger partial charge in [-0.05, 0) is 57.6 Å². The van der Waals surface area contributed by atoms with Crippen LogP contribution >= 0.6 is 0 Å². The standard InChI is InChI=1S/C18H26N2/c1-18(2,3)19-13-20-12-6-9-16-15-8-5-4-7-14(15)10-11-17(16)20/h4-5,7-8,13,16-17H,6,9-12H2,1-3H3/t16-,17-/m0/s1. The van der Waals surface area contributed by atoms with Crippen molar-refractivity contribution in [3.8, 4) is 0 Å². The number of aliphatic imine (C=N–C) groups is 1. The van der Waals surface area contributed by atoms with E-state index in [4.69, 9.17) is 4.99 Å². The first kappa shape index (κ1) is 13.7. The van der Waals surface area contributed by atoms with Crippen LogP contribution in [-0.4, -0.2) is 29.4 Å². The van der Waals surface area contributed by atoms with E-state index in [9.17, 15) is 0 Å². The molecule has 1 aromatic carbocycles. The minimum absolute atomic E-state index is 0.0273. The van der Waals surface area contributed by atoms with Crippen LogP contribution in [0.15, 0.2) is 29.3 Å². The summed E-state index contributed by atoms with van der Waals surface area (Å²) in [5.41, 5.74) is 3.19. The van der Waals surface area contributed by atoms with Crippen LogP contribution in [0.1, 0.15) is 57.1 Å². The maximum atomic E-state index is 4.73. The lowest BCUT2D eigenvalue weighted by atomic mass is 9.74. The summed E-state index contributed by atoms with van der Waals surface area (Å²) in [5.74, 6) is 0.708. The minimum Gasteiger partial charge on any atom is -0.359 e. The van der Waals surface area contributed by atoms with Gasteiger partial charge >= 0.3 is 0 Å². The molecule has 1 aliphatic heterocycles. The Morgan fingerprint density at radius 1 is 1.20 bits per heavy atom. The first-order valence-corrected chi connectivity index (χ1v) is 7.93. The Balaban J connectivity index is 1.83. The molecule has 0 aromatic heterocycles. The molecule has 1 aromatic rings. The monoisotopic (exact) mass is 270 g/mol. The van der Waals surface area contributed by atoms with Crippen molar-refractivity contribution < 1.29 is 0 Å². The van der Waals surface area contributed by atoms with Crippen LogP contribution in [-0.2, 0) is 6.42 Å². The smallest absolute Gasteiger partial charge is 0.0859 e. The maximum absolute atomic E-state index is 4.73. The second-order valence-electron chi connectivity index (χ2n) is 7.21. The van der Waals surface area contributed by atoms with Crippen molar-refractivity contribution in [1.29, 1.82) is 0 Å². The van der Waals surface area contributed by atoms with Crippen LogP contribution in [0.5, 0.6) is 0 Å². The van der Waals surface area contributed by atoms with Crippen LogP contribution in [0.2, 0.25) is 0 Å². The number of nitrogens with zero attached hydrogens (tertiary/aromatic N) is 2. The van der Waals surface area contributed by atoms with Gasteiger partial charge in [0.2, 0.25) is 0 Å². The van der Waals surface area contributed by atoms with Crippen LogP contribution < -0.4 is 0 Å². The van der Waals surface area contributed by atoms with Gasteiger partial charge in [-0.25, -0.2) is 0 Å². The van der Waals surface area contributed by atoms with Crippen LogP contribution in [0.3, 0.4) is 0 Å². The van der Waals surface area contributed by atoms with E-state index in [0.29, 0.717) is 12.0 Å². The predicted octanol–water partition coefficient (Wildman–Crippen LogP) is 4.01. The number of rotatable bonds is 1. The second-order valence-corrected chi connectivity index (χ2v) is 7.21. The molecular weight excluding hydrogens is 244 g/mol. The third-order valence-electron chi connectivity index (χ3n) is 4.58. The summed E-state index contributed by atoms with van der Waals surface area (Å²) in [6.45, 7) is 7.67. The maximum Gasteiger partial charge on any atom is 0.0859 e. The van der Waals surface area contributed by atoms with Gasteiger partial charge in [-0.2, -0.15) is 0 Å². The number of hydrogen-bond donors (Lipinski definition) is 0. The van der Waals surface area contributed by atoms with Crippen molar-refractivity contribution in [2.45, 2.75) is 64.0 Å². The van der Waals surface area contributed by atoms with E-state index < -0.39 is 0 Å². The molecule has 0 bridgehead atoms. The molecule has 1 saturated heterocycles. The Kier molecular flexibility index (Phi) is 3.57. The molecule has 0 saturated carbocycles. The van der Waals surface area contributed by atoms with E-state index >= 15 is 0 Å². The summed E-state index contributed by atoms with van der Waals surface area (Å²) >= 11 is 0. The highest BCUT2D eigenvalue weighted by molar-refractivity contribution is 5.57. The molecule has 1 aliphatic carbocycles. The third kappa shape index (κ3) is 2.74. The van der Waals surface area contributed by atoms with E-state index in [-0.39, 0.29) is 5.54 Å². The zero-order valence-corrected chi connectivity index (χ0v) is 13.0. The number of hydrogen-bond acceptors (Lipinski definition) is 1. The fourth-order valence-corrected chi connectivity index (χ4v) is 3.63. The summed E-state index contributed by atoms with van der Waals surface area (Å²) in [6.07, 6.45) is 7.24. The number of fused-ring (bicyclic) bond motifs is 3. The molecule has 2 atom stereocenters. The summed E-state index contributed by atoms with van der Waals surface area (Å²) in [6, 6.07) is 9.69. The lowest BCUT2D eigenvalue weighted by Gasteiger charge is -2.44. The molecule has 1 fully saturated rings. The van der Waals surface area contributed by atoms with Gasteiger partial charge in [0.05, 0.1) is 11.9 Å². The third-order valence-corrected chi connectivity index (χ3v) is 4.58. The summed E-state index contributed by atoms with van der Waals surface area (Å²) in [5, 5.41) is 0. The van der Waals surface area contributed by atoms with E-state index in [1.165, 1.54) is 32.2 Å². The molecule has 2 heteroatoms. The largest absolute Gasteiger partial charge is 0.359 e. The quantitative estimate of drug-likeness (QED) is 0.556. The lowest BCUT2D eigenvalue weighted by Crippen LogP contribution is -2.45. The molecular formula is C18H26N2. The van der Waals surface area contributed by atoms with E-state index in [1.807, 2.05) is 0 Å². The number of piperidine rings is 1. The summed E-state index contributed by atoms with van der Waals surface area (Å²) < 4.78 is 0. The molecule has 0 radical (unpaired) electrons. The first-order valence-electron chi connectivity index (χ1n) is 7.93. The molecule has 0 N–H and O–H groups in total. The van der Waals surface area contributed by atoms with E-state index in [1.54, 1.807) is 11.1 Å². The molecule has 1 heterocycles. The zero-order valence-electron chi connectivity index (χ0n) is 13.0. The Bertz CT molecular complexity index is 498. The highest BCUT2D eigenvalue weighted by Crippen LogP contribution is 2.40. The Hall–Kier alpha value is -1.31. The Morgan fingerprint density at radius 2 is 2.00 bits per heavy atom. The van der Waals surface area contributed by atoms with Gasteiger partial charge in [0.1, 0.15) is 0 Å². The van der Waals surface area contributed by atoms with Crippen LogP contribution in [0.25, 0.3) is 0 Å². The predicted molar refractivity (Wildman–Crippen MR) is 85.5 cm³/mol. The number of aryl methyl sites for hydroxylation is 1. The van der Waals surface area contributed by atoms with Gasteiger partial charge < -0.3 is 4.90 Å². The van der Waals surface area contributed by atoms with Crippen molar-refractivity contribution in [2.75, 3.05) is 6.54 Å². The van der Waals surface area contributed by atoms with Crippen molar-refractivity contribution in [1.82, 2.24) is 4.90 Å². The summed E-state index contributed by atoms with van der Waals surface area (Å²) in [7, 11) is 0. The van der Waals surface area contributed by atoms with Gasteiger partial charge in [0, 0.05) is 18.5 Å². The van der Waals surface area contributed by atoms with Gasteiger partial charge in [0.15, 0.2) is 0 Å². The Morgan fingerprint density at radius 3 is 2.80 bits per heavy atom. The van der Waals surface area contributed by atoms with Crippen molar-refractivity contribution in [3.05, 3.63) is 35.4 Å². The zero-order chi connectivity index (χ0) is 14.2. The number of likely N-dealkylation sites (tertiary alicyclic amines) is 1. The van der Waals surface area contributed by atoms with Gasteiger partial charge in [0.25, 0.3) is 0 Å². The number of benzene rings is 1. The fourth-order valence-electron chi connectivity index (χ4n) is 3.63. The highest BCUT2D eigenvalue weighted by atomic mass is 15.2. The molecule has 0 unspecified atom stereocenters. The Labute approximate surface area is 122 Å². The van der Waals surface area contributed by atoms with Gasteiger partial charge in [-0.15, -0.1) is 0 Å². The molecule has 3 rings (SSSR count). The van der Waals surface area contributed by atoms with Crippen LogP contribution in [0.4, 0.5) is 0 Å². The topological polar surface area (TPSA) is 15.6 Å². The average Bonchev–Trinajstić information content (AvgIpc) is 2.44. The normalized spacial score (nSPS) is 26.4. The van der Waals surface area contributed by atoms with Gasteiger partial charge in [-0.3, -0.25) is 4.99 Å². The fraction of sp³-hybridized carbons (Fsp3) is 0.611. The van der Waals surface area contributed by atoms with E-state index in [2.05, 4.69) is 56.3 Å². The molecule has 2 aliphatic rings. The molecule has 2 nitrogen and oxygen atoms in total. The molecule has 108 valence electrons. The highest BCUT2D eigenvalue weighted by Gasteiger charge is 2.35. The van der Waals surface area contributed by atoms with Gasteiger partial charge in [-0.1, -0.05) is 24.3 Å². The van der Waals surface area contributed by atoms with Crippen molar-refractivity contribution >= 4 is 6.34 Å². The molecule has 0 spiro atoms. The summed E-state index contributed by atoms with van der Waals surface area (Å²) in [4.78, 5) is 7.24. The van der Waals surface area contributed by atoms with Crippen molar-refractivity contribution in [2.24, 2.45) is 4.99 Å². The first-order chi connectivity index (χ1) is 9.54. The SMILES string of the molecule is CC(C)(C)N=CN1CCC[C@H]2c3ccccc3CC[C@@H]21. The molecule has 20 heavy (non-hydrogen) atoms. The molecule has 0 amide bonds. The van der Waals surface area contributed by atoms with Crippen molar-refractivity contribution in [3.63, 3.8) is 0 Å². The average molecular weight is 270 g/mol. The van der Waals surface area contributed by atoms with Crippen LogP contribution in [0, 0.1) is 0 Å². The second kappa shape index (κ2) is 5.23.